The second-order valence-electron chi connectivity index (χ2n) is 9.22. The van der Waals surface area contributed by atoms with Crippen molar-refractivity contribution in [2.24, 2.45) is 33.8 Å². The number of rotatable bonds is 2. The van der Waals surface area contributed by atoms with Crippen LogP contribution in [0.5, 0.6) is 0 Å². The fourth-order valence-corrected chi connectivity index (χ4v) is 6.91. The highest BCUT2D eigenvalue weighted by atomic mass is 16.2. The number of amides is 1. The van der Waals surface area contributed by atoms with Crippen LogP contribution in [0.3, 0.4) is 0 Å². The van der Waals surface area contributed by atoms with Crippen LogP contribution < -0.4 is 5.73 Å². The summed E-state index contributed by atoms with van der Waals surface area (Å²) >= 11 is 0. The average Bonchev–Trinajstić information content (AvgIpc) is 2.22. The smallest absolute Gasteiger partial charge is 0.228 e. The van der Waals surface area contributed by atoms with Gasteiger partial charge in [0.15, 0.2) is 0 Å². The van der Waals surface area contributed by atoms with Gasteiger partial charge in [0.25, 0.3) is 0 Å². The zero-order valence-electron chi connectivity index (χ0n) is 13.0. The van der Waals surface area contributed by atoms with Gasteiger partial charge in [-0.1, -0.05) is 13.8 Å². The zero-order chi connectivity index (χ0) is 14.2. The van der Waals surface area contributed by atoms with Crippen molar-refractivity contribution >= 4 is 5.91 Å². The average molecular weight is 276 g/mol. The first kappa shape index (κ1) is 13.1. The van der Waals surface area contributed by atoms with Crippen molar-refractivity contribution in [2.75, 3.05) is 19.6 Å². The molecule has 4 bridgehead atoms. The molecule has 20 heavy (non-hydrogen) atoms. The minimum atomic E-state index is -0.0114. The fourth-order valence-electron chi connectivity index (χ4n) is 6.91. The van der Waals surface area contributed by atoms with Crippen LogP contribution in [0, 0.1) is 28.1 Å². The molecule has 2 unspecified atom stereocenters. The van der Waals surface area contributed by atoms with Gasteiger partial charge in [-0.15, -0.1) is 0 Å². The Morgan fingerprint density at radius 1 is 1.10 bits per heavy atom. The lowest BCUT2D eigenvalue weighted by atomic mass is 9.40. The van der Waals surface area contributed by atoms with Crippen molar-refractivity contribution < 1.29 is 4.79 Å². The summed E-state index contributed by atoms with van der Waals surface area (Å²) < 4.78 is 0. The molecule has 0 aromatic heterocycles. The largest absolute Gasteiger partial charge is 0.341 e. The summed E-state index contributed by atoms with van der Waals surface area (Å²) in [5.74, 6) is 1.83. The Kier molecular flexibility index (Phi) is 2.49. The molecular formula is C17H28N2O. The van der Waals surface area contributed by atoms with Crippen molar-refractivity contribution in [1.29, 1.82) is 0 Å². The van der Waals surface area contributed by atoms with Crippen LogP contribution in [0.1, 0.15) is 52.4 Å². The van der Waals surface area contributed by atoms with Crippen molar-refractivity contribution in [3.8, 4) is 0 Å². The highest BCUT2D eigenvalue weighted by molar-refractivity contribution is 5.84. The van der Waals surface area contributed by atoms with E-state index in [0.29, 0.717) is 22.7 Å². The number of nitrogens with two attached hydrogens (primary N) is 1. The Balaban J connectivity index is 1.59. The molecule has 4 saturated carbocycles. The summed E-state index contributed by atoms with van der Waals surface area (Å²) in [5.41, 5.74) is 6.56. The summed E-state index contributed by atoms with van der Waals surface area (Å²) in [7, 11) is 0. The Labute approximate surface area is 122 Å². The maximum absolute atomic E-state index is 13.1. The van der Waals surface area contributed by atoms with E-state index < -0.39 is 0 Å². The van der Waals surface area contributed by atoms with Crippen LogP contribution >= 0.6 is 0 Å². The first-order valence-corrected chi connectivity index (χ1v) is 8.35. The predicted molar refractivity (Wildman–Crippen MR) is 79.0 cm³/mol. The van der Waals surface area contributed by atoms with E-state index in [-0.39, 0.29) is 5.41 Å². The quantitative estimate of drug-likeness (QED) is 0.842. The standard InChI is InChI=1S/C17H28N2O/c1-15-3-12-4-16(2,9-15)11-17(5-12,10-15)14(20)19-7-13(6-18)8-19/h12-13H,3-11,18H2,1-2H3. The fraction of sp³-hybridized carbons (Fsp3) is 0.941. The molecule has 1 heterocycles. The van der Waals surface area contributed by atoms with Crippen LogP contribution in [-0.2, 0) is 4.79 Å². The minimum Gasteiger partial charge on any atom is -0.341 e. The van der Waals surface area contributed by atoms with E-state index in [4.69, 9.17) is 5.73 Å². The number of hydrogen-bond donors (Lipinski definition) is 1. The van der Waals surface area contributed by atoms with Gasteiger partial charge in [0.2, 0.25) is 5.91 Å². The van der Waals surface area contributed by atoms with Crippen LogP contribution in [0.25, 0.3) is 0 Å². The van der Waals surface area contributed by atoms with Gasteiger partial charge in [-0.25, -0.2) is 0 Å². The van der Waals surface area contributed by atoms with E-state index in [1.807, 2.05) is 0 Å². The normalized spacial score (nSPS) is 50.4. The van der Waals surface area contributed by atoms with E-state index >= 15 is 0 Å². The molecule has 5 aliphatic rings. The monoisotopic (exact) mass is 276 g/mol. The molecule has 5 fully saturated rings. The summed E-state index contributed by atoms with van der Waals surface area (Å²) in [6.45, 7) is 7.44. The second kappa shape index (κ2) is 3.79. The Hall–Kier alpha value is -0.570. The third kappa shape index (κ3) is 1.71. The number of carbonyl (C=O) groups excluding carboxylic acids is 1. The zero-order valence-corrected chi connectivity index (χ0v) is 13.0. The van der Waals surface area contributed by atoms with Crippen LogP contribution in [0.2, 0.25) is 0 Å². The lowest BCUT2D eigenvalue weighted by Gasteiger charge is -2.65. The number of hydrogen-bond acceptors (Lipinski definition) is 2. The first-order valence-electron chi connectivity index (χ1n) is 8.35. The van der Waals surface area contributed by atoms with Crippen molar-refractivity contribution in [3.05, 3.63) is 0 Å². The third-order valence-corrected chi connectivity index (χ3v) is 6.66. The lowest BCUT2D eigenvalue weighted by Crippen LogP contribution is -2.64. The Morgan fingerprint density at radius 2 is 1.70 bits per heavy atom. The van der Waals surface area contributed by atoms with Crippen LogP contribution in [0.15, 0.2) is 0 Å². The van der Waals surface area contributed by atoms with E-state index in [0.717, 1.165) is 38.4 Å². The van der Waals surface area contributed by atoms with E-state index in [1.165, 1.54) is 25.7 Å². The van der Waals surface area contributed by atoms with E-state index in [1.54, 1.807) is 0 Å². The summed E-state index contributed by atoms with van der Waals surface area (Å²) in [6.07, 6.45) is 7.54. The molecule has 1 amide bonds. The molecule has 2 N–H and O–H groups in total. The Bertz CT molecular complexity index is 436. The van der Waals surface area contributed by atoms with Gasteiger partial charge >= 0.3 is 0 Å². The number of carbonyl (C=O) groups is 1. The van der Waals surface area contributed by atoms with Gasteiger partial charge in [-0.05, 0) is 61.8 Å². The molecule has 3 nitrogen and oxygen atoms in total. The van der Waals surface area contributed by atoms with Gasteiger partial charge in [-0.3, -0.25) is 4.79 Å². The highest BCUT2D eigenvalue weighted by Crippen LogP contribution is 2.70. The highest BCUT2D eigenvalue weighted by Gasteiger charge is 2.63. The van der Waals surface area contributed by atoms with Gasteiger partial charge in [0.1, 0.15) is 0 Å². The van der Waals surface area contributed by atoms with Gasteiger partial charge in [-0.2, -0.15) is 0 Å². The van der Waals surface area contributed by atoms with Crippen molar-refractivity contribution in [3.63, 3.8) is 0 Å². The minimum absolute atomic E-state index is 0.0114. The summed E-state index contributed by atoms with van der Waals surface area (Å²) in [6, 6.07) is 0. The summed E-state index contributed by atoms with van der Waals surface area (Å²) in [5, 5.41) is 0. The molecule has 0 radical (unpaired) electrons. The molecule has 112 valence electrons. The molecule has 5 rings (SSSR count). The van der Waals surface area contributed by atoms with Crippen molar-refractivity contribution in [2.45, 2.75) is 52.4 Å². The molecule has 0 aromatic carbocycles. The molecule has 2 atom stereocenters. The molecule has 0 aromatic rings. The third-order valence-electron chi connectivity index (χ3n) is 6.66. The topological polar surface area (TPSA) is 46.3 Å². The maximum atomic E-state index is 13.1. The molecule has 1 aliphatic heterocycles. The number of likely N-dealkylation sites (tertiary alicyclic amines) is 1. The van der Waals surface area contributed by atoms with E-state index in [9.17, 15) is 4.79 Å². The van der Waals surface area contributed by atoms with Crippen LogP contribution in [-0.4, -0.2) is 30.4 Å². The van der Waals surface area contributed by atoms with Crippen molar-refractivity contribution in [1.82, 2.24) is 4.90 Å². The lowest BCUT2D eigenvalue weighted by molar-refractivity contribution is -0.184. The maximum Gasteiger partial charge on any atom is 0.228 e. The summed E-state index contributed by atoms with van der Waals surface area (Å²) in [4.78, 5) is 15.2. The van der Waals surface area contributed by atoms with Gasteiger partial charge in [0.05, 0.1) is 5.41 Å². The number of nitrogens with zero attached hydrogens (tertiary/aromatic N) is 1. The van der Waals surface area contributed by atoms with Gasteiger partial charge in [0, 0.05) is 19.0 Å². The molecular weight excluding hydrogens is 248 g/mol. The molecule has 3 heteroatoms. The predicted octanol–water partition coefficient (Wildman–Crippen LogP) is 2.40. The molecule has 4 aliphatic carbocycles. The Morgan fingerprint density at radius 3 is 2.20 bits per heavy atom. The first-order chi connectivity index (χ1) is 9.35. The molecule has 0 spiro atoms. The van der Waals surface area contributed by atoms with Crippen LogP contribution in [0.4, 0.5) is 0 Å². The second-order valence-corrected chi connectivity index (χ2v) is 9.22. The van der Waals surface area contributed by atoms with Gasteiger partial charge < -0.3 is 10.6 Å². The van der Waals surface area contributed by atoms with E-state index in [2.05, 4.69) is 18.7 Å². The molecule has 1 saturated heterocycles. The SMILES string of the molecule is CC12CC3CC(C)(C1)CC(C(=O)N1CC(CN)C1)(C3)C2.